The van der Waals surface area contributed by atoms with Crippen molar-refractivity contribution in [3.8, 4) is 0 Å². The van der Waals surface area contributed by atoms with E-state index in [0.717, 1.165) is 43.9 Å². The van der Waals surface area contributed by atoms with Gasteiger partial charge in [-0.2, -0.15) is 0 Å². The molecule has 19 heavy (non-hydrogen) atoms. The molecule has 1 fully saturated rings. The minimum Gasteiger partial charge on any atom is -0.468 e. The number of aryl methyl sites for hydroxylation is 1. The molecule has 2 rings (SSSR count). The van der Waals surface area contributed by atoms with Crippen LogP contribution in [0.25, 0.3) is 0 Å². The monoisotopic (exact) mass is 263 g/mol. The lowest BCUT2D eigenvalue weighted by Crippen LogP contribution is -2.37. The fourth-order valence-electron chi connectivity index (χ4n) is 2.37. The first-order chi connectivity index (χ1) is 9.22. The van der Waals surface area contributed by atoms with E-state index in [4.69, 9.17) is 4.74 Å². The van der Waals surface area contributed by atoms with Crippen LogP contribution in [0.1, 0.15) is 23.7 Å². The summed E-state index contributed by atoms with van der Waals surface area (Å²) in [7, 11) is 1.44. The van der Waals surface area contributed by atoms with Crippen LogP contribution in [-0.2, 0) is 9.53 Å². The molecular weight excluding hydrogens is 242 g/mol. The average Bonchev–Trinajstić information content (AvgIpc) is 2.70. The van der Waals surface area contributed by atoms with Gasteiger partial charge in [0.1, 0.15) is 6.04 Å². The maximum absolute atomic E-state index is 12.1. The quantitative estimate of drug-likeness (QED) is 0.821. The maximum Gasteiger partial charge on any atom is 0.327 e. The van der Waals surface area contributed by atoms with E-state index in [9.17, 15) is 4.79 Å². The molecule has 0 spiro atoms. The lowest BCUT2D eigenvalue weighted by atomic mass is 10.1. The summed E-state index contributed by atoms with van der Waals surface area (Å²) < 4.78 is 4.96. The SMILES string of the molecule is COC(=O)C(c1ccc(C)nc1)N1CCCNCC1. The highest BCUT2D eigenvalue weighted by Gasteiger charge is 2.29. The Balaban J connectivity index is 2.24. The molecule has 1 aliphatic rings. The number of nitrogens with zero attached hydrogens (tertiary/aromatic N) is 2. The number of methoxy groups -OCH3 is 1. The Morgan fingerprint density at radius 3 is 2.95 bits per heavy atom. The summed E-state index contributed by atoms with van der Waals surface area (Å²) in [6.07, 6.45) is 2.81. The van der Waals surface area contributed by atoms with Crippen molar-refractivity contribution in [3.05, 3.63) is 29.6 Å². The van der Waals surface area contributed by atoms with Crippen LogP contribution in [0.3, 0.4) is 0 Å². The van der Waals surface area contributed by atoms with Gasteiger partial charge in [-0.25, -0.2) is 4.79 Å². The second kappa shape index (κ2) is 6.63. The van der Waals surface area contributed by atoms with Crippen LogP contribution in [0.4, 0.5) is 0 Å². The number of nitrogens with one attached hydrogen (secondary N) is 1. The minimum absolute atomic E-state index is 0.215. The number of carbonyl (C=O) groups is 1. The molecule has 2 heterocycles. The first-order valence-corrected chi connectivity index (χ1v) is 6.67. The fraction of sp³-hybridized carbons (Fsp3) is 0.571. The molecule has 5 heteroatoms. The van der Waals surface area contributed by atoms with E-state index in [1.54, 1.807) is 6.20 Å². The standard InChI is InChI=1S/C14H21N3O2/c1-11-4-5-12(10-16-11)13(14(18)19-2)17-8-3-6-15-7-9-17/h4-5,10,13,15H,3,6-9H2,1-2H3. The smallest absolute Gasteiger partial charge is 0.327 e. The third-order valence-corrected chi connectivity index (χ3v) is 3.41. The molecular formula is C14H21N3O2. The number of aromatic nitrogens is 1. The van der Waals surface area contributed by atoms with E-state index < -0.39 is 0 Å². The summed E-state index contributed by atoms with van der Waals surface area (Å²) in [4.78, 5) is 18.5. The second-order valence-corrected chi connectivity index (χ2v) is 4.80. The van der Waals surface area contributed by atoms with Gasteiger partial charge in [0, 0.05) is 31.5 Å². The lowest BCUT2D eigenvalue weighted by molar-refractivity contribution is -0.147. The highest BCUT2D eigenvalue weighted by atomic mass is 16.5. The highest BCUT2D eigenvalue weighted by molar-refractivity contribution is 5.77. The number of carbonyl (C=O) groups excluding carboxylic acids is 1. The lowest BCUT2D eigenvalue weighted by Gasteiger charge is -2.28. The van der Waals surface area contributed by atoms with E-state index in [2.05, 4.69) is 15.2 Å². The van der Waals surface area contributed by atoms with Crippen molar-refractivity contribution in [2.24, 2.45) is 0 Å². The van der Waals surface area contributed by atoms with Gasteiger partial charge in [-0.1, -0.05) is 6.07 Å². The van der Waals surface area contributed by atoms with Crippen molar-refractivity contribution in [2.75, 3.05) is 33.3 Å². The van der Waals surface area contributed by atoms with Crippen LogP contribution in [0.2, 0.25) is 0 Å². The molecule has 0 bridgehead atoms. The summed E-state index contributed by atoms with van der Waals surface area (Å²) in [6.45, 7) is 5.56. The zero-order chi connectivity index (χ0) is 13.7. The van der Waals surface area contributed by atoms with Crippen molar-refractivity contribution in [1.82, 2.24) is 15.2 Å². The van der Waals surface area contributed by atoms with Crippen LogP contribution in [0, 0.1) is 6.92 Å². The number of hydrogen-bond acceptors (Lipinski definition) is 5. The first-order valence-electron chi connectivity index (χ1n) is 6.67. The molecule has 0 aliphatic carbocycles. The van der Waals surface area contributed by atoms with E-state index in [1.807, 2.05) is 19.1 Å². The number of ether oxygens (including phenoxy) is 1. The predicted octanol–water partition coefficient (Wildman–Crippen LogP) is 0.899. The third-order valence-electron chi connectivity index (χ3n) is 3.41. The van der Waals surface area contributed by atoms with Gasteiger partial charge in [0.2, 0.25) is 0 Å². The highest BCUT2D eigenvalue weighted by Crippen LogP contribution is 2.22. The van der Waals surface area contributed by atoms with Gasteiger partial charge in [-0.15, -0.1) is 0 Å². The number of pyridine rings is 1. The van der Waals surface area contributed by atoms with Crippen molar-refractivity contribution in [1.29, 1.82) is 0 Å². The zero-order valence-corrected chi connectivity index (χ0v) is 11.6. The largest absolute Gasteiger partial charge is 0.468 e. The molecule has 1 N–H and O–H groups in total. The first kappa shape index (κ1) is 14.0. The van der Waals surface area contributed by atoms with Gasteiger partial charge >= 0.3 is 5.97 Å². The molecule has 0 saturated carbocycles. The summed E-state index contributed by atoms with van der Waals surface area (Å²) in [5.74, 6) is -0.215. The fourth-order valence-corrected chi connectivity index (χ4v) is 2.37. The Labute approximate surface area is 114 Å². The molecule has 1 atom stereocenters. The van der Waals surface area contributed by atoms with Gasteiger partial charge in [-0.05, 0) is 31.5 Å². The summed E-state index contributed by atoms with van der Waals surface area (Å²) in [6, 6.07) is 3.54. The summed E-state index contributed by atoms with van der Waals surface area (Å²) in [5, 5.41) is 3.34. The number of esters is 1. The second-order valence-electron chi connectivity index (χ2n) is 4.80. The molecule has 1 unspecified atom stereocenters. The summed E-state index contributed by atoms with van der Waals surface area (Å²) in [5.41, 5.74) is 1.85. The van der Waals surface area contributed by atoms with Gasteiger partial charge < -0.3 is 10.1 Å². The van der Waals surface area contributed by atoms with Crippen LogP contribution < -0.4 is 5.32 Å². The van der Waals surface area contributed by atoms with Gasteiger partial charge in [0.05, 0.1) is 7.11 Å². The normalized spacial score (nSPS) is 18.6. The molecule has 1 aromatic rings. The number of rotatable bonds is 3. The molecule has 1 aromatic heterocycles. The van der Waals surface area contributed by atoms with E-state index >= 15 is 0 Å². The van der Waals surface area contributed by atoms with Crippen LogP contribution in [-0.4, -0.2) is 49.1 Å². The average molecular weight is 263 g/mol. The van der Waals surface area contributed by atoms with Gasteiger partial charge in [0.15, 0.2) is 0 Å². The molecule has 0 radical (unpaired) electrons. The number of hydrogen-bond donors (Lipinski definition) is 1. The van der Waals surface area contributed by atoms with E-state index in [-0.39, 0.29) is 12.0 Å². The van der Waals surface area contributed by atoms with Crippen molar-refractivity contribution >= 4 is 5.97 Å². The topological polar surface area (TPSA) is 54.5 Å². The van der Waals surface area contributed by atoms with Crippen molar-refractivity contribution < 1.29 is 9.53 Å². The van der Waals surface area contributed by atoms with Crippen LogP contribution in [0.5, 0.6) is 0 Å². The Hall–Kier alpha value is -1.46. The Bertz CT molecular complexity index is 411. The Morgan fingerprint density at radius 1 is 1.42 bits per heavy atom. The third kappa shape index (κ3) is 3.52. The van der Waals surface area contributed by atoms with Crippen LogP contribution >= 0.6 is 0 Å². The van der Waals surface area contributed by atoms with E-state index in [0.29, 0.717) is 0 Å². The van der Waals surface area contributed by atoms with Crippen molar-refractivity contribution in [2.45, 2.75) is 19.4 Å². The van der Waals surface area contributed by atoms with Gasteiger partial charge in [0.25, 0.3) is 0 Å². The molecule has 104 valence electrons. The van der Waals surface area contributed by atoms with Crippen molar-refractivity contribution in [3.63, 3.8) is 0 Å². The molecule has 0 aromatic carbocycles. The maximum atomic E-state index is 12.1. The Morgan fingerprint density at radius 2 is 2.26 bits per heavy atom. The molecule has 0 amide bonds. The predicted molar refractivity (Wildman–Crippen MR) is 72.8 cm³/mol. The zero-order valence-electron chi connectivity index (χ0n) is 11.6. The summed E-state index contributed by atoms with van der Waals surface area (Å²) >= 11 is 0. The van der Waals surface area contributed by atoms with E-state index in [1.165, 1.54) is 7.11 Å². The molecule has 1 aliphatic heterocycles. The minimum atomic E-state index is -0.349. The molecule has 5 nitrogen and oxygen atoms in total. The molecule has 1 saturated heterocycles. The van der Waals surface area contributed by atoms with Crippen LogP contribution in [0.15, 0.2) is 18.3 Å². The Kier molecular flexibility index (Phi) is 4.87. The van der Waals surface area contributed by atoms with Gasteiger partial charge in [-0.3, -0.25) is 9.88 Å².